The molecule has 0 aromatic carbocycles. The summed E-state index contributed by atoms with van der Waals surface area (Å²) in [5, 5.41) is 9.66. The summed E-state index contributed by atoms with van der Waals surface area (Å²) in [6, 6.07) is 0. The highest BCUT2D eigenvalue weighted by molar-refractivity contribution is 5.68. The smallest absolute Gasteiger partial charge is 0.410 e. The van der Waals surface area contributed by atoms with E-state index in [2.05, 4.69) is 0 Å². The number of aliphatic hydroxyl groups excluding tert-OH is 1. The summed E-state index contributed by atoms with van der Waals surface area (Å²) in [7, 11) is 0. The molecule has 1 amide bonds. The lowest BCUT2D eigenvalue weighted by atomic mass is 10.0. The van der Waals surface area contributed by atoms with Crippen LogP contribution in [0.25, 0.3) is 0 Å². The third-order valence-corrected chi connectivity index (χ3v) is 2.58. The van der Waals surface area contributed by atoms with Gasteiger partial charge in [0.2, 0.25) is 0 Å². The Morgan fingerprint density at radius 3 is 2.47 bits per heavy atom. The number of likely N-dealkylation sites (tertiary alicyclic amines) is 1. The van der Waals surface area contributed by atoms with E-state index in [0.29, 0.717) is 13.1 Å². The van der Waals surface area contributed by atoms with E-state index in [1.807, 2.05) is 27.7 Å². The molecule has 0 saturated carbocycles. The molecule has 4 nitrogen and oxygen atoms in total. The van der Waals surface area contributed by atoms with Crippen molar-refractivity contribution in [2.45, 2.75) is 45.8 Å². The Labute approximate surface area is 91.2 Å². The molecule has 0 aromatic rings. The van der Waals surface area contributed by atoms with Gasteiger partial charge in [0, 0.05) is 12.5 Å². The van der Waals surface area contributed by atoms with Crippen LogP contribution in [0.5, 0.6) is 0 Å². The van der Waals surface area contributed by atoms with Crippen molar-refractivity contribution in [3.05, 3.63) is 0 Å². The van der Waals surface area contributed by atoms with E-state index in [1.165, 1.54) is 0 Å². The first kappa shape index (κ1) is 12.3. The van der Waals surface area contributed by atoms with Crippen molar-refractivity contribution in [3.63, 3.8) is 0 Å². The van der Waals surface area contributed by atoms with Crippen LogP contribution in [0.1, 0.15) is 34.1 Å². The number of ether oxygens (including phenoxy) is 1. The van der Waals surface area contributed by atoms with Crippen LogP contribution in [0.4, 0.5) is 4.79 Å². The second kappa shape index (κ2) is 4.39. The number of carbonyl (C=O) groups is 1. The van der Waals surface area contributed by atoms with Crippen LogP contribution in [-0.4, -0.2) is 40.9 Å². The van der Waals surface area contributed by atoms with Crippen molar-refractivity contribution >= 4 is 6.09 Å². The summed E-state index contributed by atoms with van der Waals surface area (Å²) in [5.74, 6) is 0.192. The van der Waals surface area contributed by atoms with Gasteiger partial charge in [-0.3, -0.25) is 0 Å². The standard InChI is InChI=1S/C11H21NO3/c1-5-8-6-12(7-9(8)13)10(14)15-11(2,3)4/h8-9,13H,5-7H2,1-4H3/t8-,9-/m1/s1. The highest BCUT2D eigenvalue weighted by Crippen LogP contribution is 2.21. The Morgan fingerprint density at radius 2 is 2.07 bits per heavy atom. The summed E-state index contributed by atoms with van der Waals surface area (Å²) in [5.41, 5.74) is -0.466. The maximum absolute atomic E-state index is 11.7. The van der Waals surface area contributed by atoms with E-state index in [-0.39, 0.29) is 12.0 Å². The summed E-state index contributed by atoms with van der Waals surface area (Å²) in [6.07, 6.45) is 0.167. The molecule has 0 unspecified atom stereocenters. The third-order valence-electron chi connectivity index (χ3n) is 2.58. The minimum absolute atomic E-state index is 0.192. The predicted molar refractivity (Wildman–Crippen MR) is 57.6 cm³/mol. The molecule has 0 aromatic heterocycles. The average molecular weight is 215 g/mol. The van der Waals surface area contributed by atoms with Crippen LogP contribution in [0.15, 0.2) is 0 Å². The topological polar surface area (TPSA) is 49.8 Å². The Balaban J connectivity index is 2.50. The molecule has 1 saturated heterocycles. The van der Waals surface area contributed by atoms with Gasteiger partial charge in [0.05, 0.1) is 12.6 Å². The molecule has 1 N–H and O–H groups in total. The molecular formula is C11H21NO3. The van der Waals surface area contributed by atoms with Gasteiger partial charge in [-0.05, 0) is 27.2 Å². The van der Waals surface area contributed by atoms with E-state index in [9.17, 15) is 9.90 Å². The predicted octanol–water partition coefficient (Wildman–Crippen LogP) is 1.62. The van der Waals surface area contributed by atoms with Crippen LogP contribution in [0.2, 0.25) is 0 Å². The lowest BCUT2D eigenvalue weighted by Gasteiger charge is -2.24. The van der Waals surface area contributed by atoms with Crippen LogP contribution < -0.4 is 0 Å². The van der Waals surface area contributed by atoms with Crippen LogP contribution in [-0.2, 0) is 4.74 Å². The fourth-order valence-electron chi connectivity index (χ4n) is 1.73. The molecule has 0 bridgehead atoms. The van der Waals surface area contributed by atoms with Gasteiger partial charge in [0.1, 0.15) is 5.60 Å². The molecule has 2 atom stereocenters. The molecule has 4 heteroatoms. The molecule has 0 aliphatic carbocycles. The Bertz CT molecular complexity index is 234. The molecule has 1 rings (SSSR count). The number of β-amino-alcohol motifs (C(OH)–C–C–N with tert-alkyl or cyclic N) is 1. The van der Waals surface area contributed by atoms with Gasteiger partial charge in [-0.2, -0.15) is 0 Å². The summed E-state index contributed by atoms with van der Waals surface area (Å²) < 4.78 is 5.24. The van der Waals surface area contributed by atoms with Crippen LogP contribution >= 0.6 is 0 Å². The summed E-state index contributed by atoms with van der Waals surface area (Å²) >= 11 is 0. The molecule has 1 aliphatic heterocycles. The zero-order valence-corrected chi connectivity index (χ0v) is 9.99. The third kappa shape index (κ3) is 3.38. The molecule has 0 spiro atoms. The van der Waals surface area contributed by atoms with Crippen molar-refractivity contribution < 1.29 is 14.6 Å². The largest absolute Gasteiger partial charge is 0.444 e. The number of nitrogens with zero attached hydrogens (tertiary/aromatic N) is 1. The van der Waals surface area contributed by atoms with E-state index >= 15 is 0 Å². The number of amides is 1. The number of carbonyl (C=O) groups excluding carboxylic acids is 1. The van der Waals surface area contributed by atoms with Crippen LogP contribution in [0.3, 0.4) is 0 Å². The lowest BCUT2D eigenvalue weighted by molar-refractivity contribution is 0.0270. The van der Waals surface area contributed by atoms with Crippen LogP contribution in [0, 0.1) is 5.92 Å². The number of rotatable bonds is 1. The van der Waals surface area contributed by atoms with Crippen molar-refractivity contribution in [1.82, 2.24) is 4.90 Å². The number of hydrogen-bond donors (Lipinski definition) is 1. The second-order valence-electron chi connectivity index (χ2n) is 5.12. The SMILES string of the molecule is CC[C@@H]1CN(C(=O)OC(C)(C)C)C[C@H]1O. The van der Waals surface area contributed by atoms with Gasteiger partial charge in [-0.1, -0.05) is 6.92 Å². The summed E-state index contributed by atoms with van der Waals surface area (Å²) in [4.78, 5) is 13.2. The first-order chi connectivity index (χ1) is 6.83. The molecule has 0 radical (unpaired) electrons. The Hall–Kier alpha value is -0.770. The Morgan fingerprint density at radius 1 is 1.47 bits per heavy atom. The summed E-state index contributed by atoms with van der Waals surface area (Å²) in [6.45, 7) is 8.55. The maximum atomic E-state index is 11.7. The number of hydrogen-bond acceptors (Lipinski definition) is 3. The number of aliphatic hydroxyl groups is 1. The van der Waals surface area contributed by atoms with E-state index < -0.39 is 11.7 Å². The second-order valence-corrected chi connectivity index (χ2v) is 5.12. The first-order valence-electron chi connectivity index (χ1n) is 5.49. The highest BCUT2D eigenvalue weighted by atomic mass is 16.6. The van der Waals surface area contributed by atoms with Crippen molar-refractivity contribution in [2.24, 2.45) is 5.92 Å². The van der Waals surface area contributed by atoms with Gasteiger partial charge in [-0.15, -0.1) is 0 Å². The molecule has 1 aliphatic rings. The quantitative estimate of drug-likeness (QED) is 0.723. The monoisotopic (exact) mass is 215 g/mol. The lowest BCUT2D eigenvalue weighted by Crippen LogP contribution is -2.35. The minimum Gasteiger partial charge on any atom is -0.444 e. The fourth-order valence-corrected chi connectivity index (χ4v) is 1.73. The molecule has 1 heterocycles. The van der Waals surface area contributed by atoms with E-state index in [0.717, 1.165) is 6.42 Å². The van der Waals surface area contributed by atoms with Crippen molar-refractivity contribution in [2.75, 3.05) is 13.1 Å². The van der Waals surface area contributed by atoms with Gasteiger partial charge in [-0.25, -0.2) is 4.79 Å². The fraction of sp³-hybridized carbons (Fsp3) is 0.909. The average Bonchev–Trinajstić information content (AvgIpc) is 2.43. The molecule has 88 valence electrons. The van der Waals surface area contributed by atoms with Gasteiger partial charge in [0.25, 0.3) is 0 Å². The van der Waals surface area contributed by atoms with Gasteiger partial charge in [0.15, 0.2) is 0 Å². The minimum atomic E-state index is -0.466. The highest BCUT2D eigenvalue weighted by Gasteiger charge is 2.34. The zero-order chi connectivity index (χ0) is 11.6. The van der Waals surface area contributed by atoms with Gasteiger partial charge < -0.3 is 14.7 Å². The van der Waals surface area contributed by atoms with Crippen molar-refractivity contribution in [3.8, 4) is 0 Å². The first-order valence-corrected chi connectivity index (χ1v) is 5.49. The molecular weight excluding hydrogens is 194 g/mol. The maximum Gasteiger partial charge on any atom is 0.410 e. The van der Waals surface area contributed by atoms with Gasteiger partial charge >= 0.3 is 6.09 Å². The van der Waals surface area contributed by atoms with Crippen molar-refractivity contribution in [1.29, 1.82) is 0 Å². The zero-order valence-electron chi connectivity index (χ0n) is 9.99. The molecule has 1 fully saturated rings. The van der Waals surface area contributed by atoms with E-state index in [1.54, 1.807) is 4.90 Å². The van der Waals surface area contributed by atoms with E-state index in [4.69, 9.17) is 4.74 Å². The molecule has 15 heavy (non-hydrogen) atoms. The normalized spacial score (nSPS) is 26.9. The Kier molecular flexibility index (Phi) is 3.60.